The second kappa shape index (κ2) is 13.6. The molecule has 0 fully saturated rings. The molecule has 0 bridgehead atoms. The minimum Gasteiger partial charge on any atom is -1.00 e. The van der Waals surface area contributed by atoms with Crippen molar-refractivity contribution < 1.29 is 17.0 Å². The fourth-order valence-corrected chi connectivity index (χ4v) is 7.40. The predicted molar refractivity (Wildman–Crippen MR) is 90.5 cm³/mol. The van der Waals surface area contributed by atoms with E-state index in [0.29, 0.717) is 0 Å². The first-order valence-corrected chi connectivity index (χ1v) is 10.6. The van der Waals surface area contributed by atoms with Gasteiger partial charge in [-0.05, 0) is 39.2 Å². The number of hydrogen-bond acceptors (Lipinski definition) is 0. The molecule has 0 aliphatic rings. The average molecular weight is 351 g/mol. The smallest absolute Gasteiger partial charge is 0.0776 e. The second-order valence-corrected chi connectivity index (χ2v) is 10.4. The lowest BCUT2D eigenvalue weighted by Gasteiger charge is -2.27. The molecule has 0 aromatic heterocycles. The highest BCUT2D eigenvalue weighted by atomic mass is 79.9. The Kier molecular flexibility index (Phi) is 15.7. The number of hydrogen-bond donors (Lipinski definition) is 0. The molecule has 0 radical (unpaired) electrons. The summed E-state index contributed by atoms with van der Waals surface area (Å²) >= 11 is 0. The van der Waals surface area contributed by atoms with Crippen molar-refractivity contribution >= 4 is 7.26 Å². The number of rotatable bonds is 11. The molecule has 0 rings (SSSR count). The molecule has 0 saturated heterocycles. The molecule has 19 heavy (non-hydrogen) atoms. The Morgan fingerprint density at radius 2 is 1.16 bits per heavy atom. The van der Waals surface area contributed by atoms with E-state index in [4.69, 9.17) is 0 Å². The Morgan fingerprint density at radius 1 is 0.789 bits per heavy atom. The second-order valence-electron chi connectivity index (χ2n) is 6.04. The summed E-state index contributed by atoms with van der Waals surface area (Å²) in [6.45, 7) is 11.5. The molecule has 0 nitrogen and oxygen atoms in total. The van der Waals surface area contributed by atoms with E-state index in [-0.39, 0.29) is 17.0 Å². The maximum atomic E-state index is 2.54. The van der Waals surface area contributed by atoms with E-state index < -0.39 is 7.26 Å². The summed E-state index contributed by atoms with van der Waals surface area (Å²) in [5.41, 5.74) is 1.52. The van der Waals surface area contributed by atoms with Crippen LogP contribution in [0.25, 0.3) is 0 Å². The molecule has 0 heterocycles. The number of allylic oxidation sites excluding steroid dienone is 2. The monoisotopic (exact) mass is 350 g/mol. The van der Waals surface area contributed by atoms with E-state index in [9.17, 15) is 0 Å². The highest BCUT2D eigenvalue weighted by Gasteiger charge is 2.33. The fraction of sp³-hybridized carbons (Fsp3) is 0.882. The van der Waals surface area contributed by atoms with Crippen molar-refractivity contribution in [1.82, 2.24) is 0 Å². The van der Waals surface area contributed by atoms with Crippen LogP contribution >= 0.6 is 7.26 Å². The van der Waals surface area contributed by atoms with Gasteiger partial charge in [0.15, 0.2) is 0 Å². The molecule has 0 N–H and O–H groups in total. The first-order valence-electron chi connectivity index (χ1n) is 8.08. The summed E-state index contributed by atoms with van der Waals surface area (Å²) in [6, 6.07) is 0. The Bertz CT molecular complexity index is 198. The molecule has 116 valence electrons. The maximum Gasteiger partial charge on any atom is 0.0776 e. The average Bonchev–Trinajstić information content (AvgIpc) is 2.37. The molecule has 0 aliphatic heterocycles. The van der Waals surface area contributed by atoms with Gasteiger partial charge in [-0.1, -0.05) is 45.6 Å². The molecule has 0 aliphatic carbocycles. The van der Waals surface area contributed by atoms with Gasteiger partial charge in [-0.25, -0.2) is 0 Å². The van der Waals surface area contributed by atoms with Crippen molar-refractivity contribution in [2.75, 3.05) is 24.6 Å². The fourth-order valence-electron chi connectivity index (χ4n) is 2.47. The van der Waals surface area contributed by atoms with Crippen LogP contribution in [0, 0.1) is 0 Å². The van der Waals surface area contributed by atoms with Crippen molar-refractivity contribution in [2.24, 2.45) is 0 Å². The Balaban J connectivity index is 0. The summed E-state index contributed by atoms with van der Waals surface area (Å²) in [4.78, 5) is 0. The van der Waals surface area contributed by atoms with Crippen molar-refractivity contribution in [3.05, 3.63) is 11.6 Å². The van der Waals surface area contributed by atoms with Crippen molar-refractivity contribution in [3.63, 3.8) is 0 Å². The first-order chi connectivity index (χ1) is 8.60. The number of unbranched alkanes of at least 4 members (excludes halogenated alkanes) is 3. The molecule has 2 heteroatoms. The van der Waals surface area contributed by atoms with Crippen molar-refractivity contribution in [3.8, 4) is 0 Å². The normalized spacial score (nSPS) is 11.0. The van der Waals surface area contributed by atoms with Gasteiger partial charge < -0.3 is 17.0 Å². The lowest BCUT2D eigenvalue weighted by Crippen LogP contribution is -3.00. The van der Waals surface area contributed by atoms with E-state index in [1.165, 1.54) is 50.3 Å². The molecule has 0 spiro atoms. The molecule has 0 aromatic carbocycles. The third-order valence-electron chi connectivity index (χ3n) is 3.84. The van der Waals surface area contributed by atoms with Crippen LogP contribution in [0.3, 0.4) is 0 Å². The lowest BCUT2D eigenvalue weighted by atomic mass is 10.3. The van der Waals surface area contributed by atoms with Gasteiger partial charge in [-0.15, -0.1) is 0 Å². The third-order valence-corrected chi connectivity index (χ3v) is 8.60. The largest absolute Gasteiger partial charge is 1.00 e. The molecule has 0 amide bonds. The quantitative estimate of drug-likeness (QED) is 0.396. The van der Waals surface area contributed by atoms with E-state index in [2.05, 4.69) is 40.7 Å². The highest BCUT2D eigenvalue weighted by molar-refractivity contribution is 7.76. The van der Waals surface area contributed by atoms with Gasteiger partial charge in [0.25, 0.3) is 0 Å². The van der Waals surface area contributed by atoms with Gasteiger partial charge in [0.2, 0.25) is 0 Å². The zero-order valence-corrected chi connectivity index (χ0v) is 16.5. The standard InChI is InChI=1S/C17H36P.BrH/c1-6-9-13-18(14-10-7-2,15-11-8-3)16-12-17(4)5;/h12H,6-11,13-16H2,1-5H3;1H/q+1;/p-1. The van der Waals surface area contributed by atoms with Gasteiger partial charge in [-0.3, -0.25) is 0 Å². The summed E-state index contributed by atoms with van der Waals surface area (Å²) in [5, 5.41) is 0. The molecule has 0 atom stereocenters. The van der Waals surface area contributed by atoms with E-state index in [1.54, 1.807) is 18.5 Å². The van der Waals surface area contributed by atoms with Gasteiger partial charge in [0.05, 0.1) is 24.6 Å². The SMILES string of the molecule is CCCC[P+](CC=C(C)C)(CCCC)CCCC.[Br-]. The van der Waals surface area contributed by atoms with Gasteiger partial charge >= 0.3 is 0 Å². The molecule has 0 saturated carbocycles. The summed E-state index contributed by atoms with van der Waals surface area (Å²) in [6.07, 6.45) is 17.1. The van der Waals surface area contributed by atoms with Crippen LogP contribution in [0.15, 0.2) is 11.6 Å². The summed E-state index contributed by atoms with van der Waals surface area (Å²) in [5.74, 6) is 0. The van der Waals surface area contributed by atoms with Crippen LogP contribution in [0.4, 0.5) is 0 Å². The van der Waals surface area contributed by atoms with Crippen LogP contribution < -0.4 is 17.0 Å². The Labute approximate surface area is 133 Å². The summed E-state index contributed by atoms with van der Waals surface area (Å²) < 4.78 is 0. The van der Waals surface area contributed by atoms with Crippen LogP contribution in [0.2, 0.25) is 0 Å². The molecular weight excluding hydrogens is 315 g/mol. The zero-order chi connectivity index (χ0) is 13.9. The lowest BCUT2D eigenvalue weighted by molar-refractivity contribution is -0.00000431. The Hall–Kier alpha value is 0.650. The van der Waals surface area contributed by atoms with E-state index >= 15 is 0 Å². The number of halogens is 1. The van der Waals surface area contributed by atoms with E-state index in [1.807, 2.05) is 0 Å². The van der Waals surface area contributed by atoms with Crippen LogP contribution in [0.5, 0.6) is 0 Å². The maximum absolute atomic E-state index is 2.54. The minimum atomic E-state index is -0.676. The first kappa shape index (κ1) is 21.9. The predicted octanol–water partition coefficient (Wildman–Crippen LogP) is 3.37. The third kappa shape index (κ3) is 11.0. The summed E-state index contributed by atoms with van der Waals surface area (Å²) in [7, 11) is -0.676. The van der Waals surface area contributed by atoms with Gasteiger partial charge in [0, 0.05) is 7.26 Å². The zero-order valence-electron chi connectivity index (χ0n) is 14.0. The molecule has 0 unspecified atom stereocenters. The van der Waals surface area contributed by atoms with Crippen LogP contribution in [0.1, 0.15) is 73.1 Å². The van der Waals surface area contributed by atoms with Crippen LogP contribution in [-0.2, 0) is 0 Å². The van der Waals surface area contributed by atoms with Gasteiger partial charge in [0.1, 0.15) is 0 Å². The topological polar surface area (TPSA) is 0 Å². The molecule has 0 aromatic rings. The highest BCUT2D eigenvalue weighted by Crippen LogP contribution is 2.60. The van der Waals surface area contributed by atoms with Crippen molar-refractivity contribution in [1.29, 1.82) is 0 Å². The van der Waals surface area contributed by atoms with Gasteiger partial charge in [-0.2, -0.15) is 0 Å². The van der Waals surface area contributed by atoms with Crippen molar-refractivity contribution in [2.45, 2.75) is 73.1 Å². The minimum absolute atomic E-state index is 0. The van der Waals surface area contributed by atoms with E-state index in [0.717, 1.165) is 0 Å². The van der Waals surface area contributed by atoms with Crippen LogP contribution in [-0.4, -0.2) is 24.6 Å². The Morgan fingerprint density at radius 3 is 1.42 bits per heavy atom. The molecular formula is C17H36BrP.